The molecule has 2 unspecified atom stereocenters. The maximum Gasteiger partial charge on any atom is 0.262 e. The Kier molecular flexibility index (Phi) is 13.4. The van der Waals surface area contributed by atoms with E-state index in [-0.39, 0.29) is 56.0 Å². The number of amides is 3. The molecular formula is C43H48ClN9O7S. The summed E-state index contributed by atoms with van der Waals surface area (Å²) in [6.07, 6.45) is 2.47. The van der Waals surface area contributed by atoms with Crippen molar-refractivity contribution in [2.24, 2.45) is 5.41 Å². The zero-order valence-corrected chi connectivity index (χ0v) is 35.8. The van der Waals surface area contributed by atoms with Gasteiger partial charge in [-0.25, -0.2) is 15.0 Å². The molecule has 0 spiro atoms. The lowest BCUT2D eigenvalue weighted by Crippen LogP contribution is -2.58. The van der Waals surface area contributed by atoms with E-state index >= 15 is 0 Å². The lowest BCUT2D eigenvalue weighted by atomic mass is 9.85. The number of nitrogens with one attached hydrogen (secondary N) is 4. The summed E-state index contributed by atoms with van der Waals surface area (Å²) in [6, 6.07) is 15.2. The van der Waals surface area contributed by atoms with Gasteiger partial charge in [-0.3, -0.25) is 19.2 Å². The number of pyridine rings is 1. The second-order valence-electron chi connectivity index (χ2n) is 15.9. The largest absolute Gasteiger partial charge is 0.391 e. The van der Waals surface area contributed by atoms with Crippen molar-refractivity contribution in [3.63, 3.8) is 0 Å². The molecule has 0 aliphatic carbocycles. The number of ether oxygens (including phenoxy) is 2. The number of aryl methyl sites for hydroxylation is 1. The molecule has 0 saturated carbocycles. The summed E-state index contributed by atoms with van der Waals surface area (Å²) >= 11 is 7.79. The summed E-state index contributed by atoms with van der Waals surface area (Å²) in [7, 11) is 0. The number of H-pyrrole nitrogens is 1. The number of carbonyl (C=O) groups is 3. The molecule has 4 aromatic heterocycles. The first-order valence-corrected chi connectivity index (χ1v) is 21.1. The van der Waals surface area contributed by atoms with Crippen molar-refractivity contribution >= 4 is 74.0 Å². The number of rotatable bonds is 16. The average Bonchev–Trinajstić information content (AvgIpc) is 3.96. The van der Waals surface area contributed by atoms with Crippen LogP contribution in [-0.4, -0.2) is 103 Å². The molecule has 3 atom stereocenters. The number of thiazole rings is 1. The number of aliphatic hydroxyl groups excluding tert-OH is 1. The van der Waals surface area contributed by atoms with Gasteiger partial charge in [-0.15, -0.1) is 11.3 Å². The summed E-state index contributed by atoms with van der Waals surface area (Å²) in [5, 5.41) is 20.9. The van der Waals surface area contributed by atoms with Gasteiger partial charge in [0.1, 0.15) is 35.0 Å². The maximum absolute atomic E-state index is 14.0. The first-order valence-electron chi connectivity index (χ1n) is 19.9. The van der Waals surface area contributed by atoms with E-state index in [9.17, 15) is 24.3 Å². The van der Waals surface area contributed by atoms with Crippen LogP contribution < -0.4 is 21.5 Å². The van der Waals surface area contributed by atoms with Crippen LogP contribution in [0, 0.1) is 12.3 Å². The molecule has 1 saturated heterocycles. The number of hydrogen-bond donors (Lipinski definition) is 5. The number of anilines is 2. The van der Waals surface area contributed by atoms with Gasteiger partial charge in [-0.05, 0) is 41.7 Å². The van der Waals surface area contributed by atoms with Crippen LogP contribution >= 0.6 is 22.9 Å². The summed E-state index contributed by atoms with van der Waals surface area (Å²) in [6.45, 7) is 8.66. The van der Waals surface area contributed by atoms with E-state index in [1.807, 2.05) is 92.5 Å². The minimum Gasteiger partial charge on any atom is -0.391 e. The Hall–Kier alpha value is -5.72. The number of β-amino-alcohol motifs (C(OH)–C–C–N with tert-alkyl or cyclic N) is 1. The molecule has 1 aliphatic rings. The molecule has 7 rings (SSSR count). The van der Waals surface area contributed by atoms with E-state index in [4.69, 9.17) is 21.1 Å². The van der Waals surface area contributed by atoms with Crippen molar-refractivity contribution < 1.29 is 29.0 Å². The maximum atomic E-state index is 14.0. The van der Waals surface area contributed by atoms with Crippen molar-refractivity contribution in [3.05, 3.63) is 99.4 Å². The van der Waals surface area contributed by atoms with Gasteiger partial charge in [0.05, 0.1) is 59.4 Å². The Balaban J connectivity index is 0.863. The Morgan fingerprint density at radius 1 is 1.07 bits per heavy atom. The van der Waals surface area contributed by atoms with Gasteiger partial charge in [0.25, 0.3) is 5.56 Å². The van der Waals surface area contributed by atoms with Crippen LogP contribution in [0.5, 0.6) is 0 Å². The average molecular weight is 870 g/mol. The molecule has 3 amide bonds. The number of carbonyl (C=O) groups excluding carboxylic acids is 3. The quantitative estimate of drug-likeness (QED) is 0.0651. The standard InChI is InChI=1S/C43H48ClN9O7S/c1-25-37(61-24-48-25)27-10-8-26(9-11-27)20-45-40(56)33-18-28(54)21-53(33)42(58)38(43(2,3)4)51-35(55)22-60-17-16-59-15-14-52-13-12-29-30(6-5-7-32(29)52)49-39-36-31(19-34(44)50-39)46-23-47-41(36)57/h5-13,19,23-24,28,33,38,54H,14-18,20-22H2,1-4H3,(H,45,56)(H,49,50)(H,51,55)(H,46,47,57)/t28?,33?,38-/m1/s1. The number of nitrogens with zero attached hydrogens (tertiary/aromatic N) is 5. The van der Waals surface area contributed by atoms with Gasteiger partial charge in [0, 0.05) is 49.4 Å². The van der Waals surface area contributed by atoms with Crippen molar-refractivity contribution in [1.82, 2.24) is 40.0 Å². The third-order valence-electron chi connectivity index (χ3n) is 10.5. The number of likely N-dealkylation sites (tertiary alicyclic amines) is 1. The van der Waals surface area contributed by atoms with Gasteiger partial charge < -0.3 is 45.0 Å². The number of aromatic amines is 1. The van der Waals surface area contributed by atoms with E-state index in [1.54, 1.807) is 11.3 Å². The Morgan fingerprint density at radius 2 is 1.85 bits per heavy atom. The van der Waals surface area contributed by atoms with Crippen molar-refractivity contribution in [3.8, 4) is 10.4 Å². The minimum atomic E-state index is -0.976. The summed E-state index contributed by atoms with van der Waals surface area (Å²) in [4.78, 5) is 70.9. The van der Waals surface area contributed by atoms with Crippen LogP contribution in [0.15, 0.2) is 77.4 Å². The Bertz CT molecular complexity index is 2590. The fourth-order valence-electron chi connectivity index (χ4n) is 7.34. The molecule has 16 nitrogen and oxygen atoms in total. The third kappa shape index (κ3) is 10.3. The zero-order valence-electron chi connectivity index (χ0n) is 34.2. The molecular weight excluding hydrogens is 822 g/mol. The molecule has 0 radical (unpaired) electrons. The molecule has 5 heterocycles. The monoisotopic (exact) mass is 869 g/mol. The van der Waals surface area contributed by atoms with Crippen LogP contribution in [0.25, 0.3) is 32.2 Å². The highest BCUT2D eigenvalue weighted by atomic mass is 35.5. The molecule has 18 heteroatoms. The van der Waals surface area contributed by atoms with Crippen LogP contribution in [0.3, 0.4) is 0 Å². The summed E-state index contributed by atoms with van der Waals surface area (Å²) < 4.78 is 13.4. The van der Waals surface area contributed by atoms with Crippen LogP contribution in [0.4, 0.5) is 11.5 Å². The molecule has 61 heavy (non-hydrogen) atoms. The van der Waals surface area contributed by atoms with Gasteiger partial charge >= 0.3 is 0 Å². The number of aromatic nitrogens is 5. The molecule has 1 fully saturated rings. The Labute approximate surface area is 360 Å². The first kappa shape index (κ1) is 43.4. The molecule has 0 bridgehead atoms. The summed E-state index contributed by atoms with van der Waals surface area (Å²) in [5.41, 5.74) is 5.76. The van der Waals surface area contributed by atoms with Gasteiger partial charge in [0.15, 0.2) is 0 Å². The fourth-order valence-corrected chi connectivity index (χ4v) is 8.34. The number of halogens is 1. The Morgan fingerprint density at radius 3 is 2.61 bits per heavy atom. The predicted octanol–water partition coefficient (Wildman–Crippen LogP) is 4.94. The van der Waals surface area contributed by atoms with Gasteiger partial charge in [-0.1, -0.05) is 62.7 Å². The smallest absolute Gasteiger partial charge is 0.262 e. The van der Waals surface area contributed by atoms with Crippen molar-refractivity contribution in [2.75, 3.05) is 38.3 Å². The molecule has 2 aromatic carbocycles. The van der Waals surface area contributed by atoms with E-state index in [0.29, 0.717) is 29.9 Å². The fraction of sp³-hybridized carbons (Fsp3) is 0.372. The van der Waals surface area contributed by atoms with Crippen molar-refractivity contribution in [1.29, 1.82) is 0 Å². The number of fused-ring (bicyclic) bond motifs is 2. The lowest BCUT2D eigenvalue weighted by molar-refractivity contribution is -0.144. The SMILES string of the molecule is Cc1ncsc1-c1ccc(CNC(=O)C2CC(O)CN2C(=O)[C@@H](NC(=O)COCCOCCn2ccc3c(Nc4nc(Cl)cc5nc[nH]c(=O)c45)cccc32)C(C)(C)C)cc1. The highest BCUT2D eigenvalue weighted by molar-refractivity contribution is 7.13. The van der Waals surface area contributed by atoms with Crippen LogP contribution in [0.2, 0.25) is 5.15 Å². The zero-order chi connectivity index (χ0) is 43.3. The topological polar surface area (TPSA) is 206 Å². The molecule has 320 valence electrons. The van der Waals surface area contributed by atoms with Gasteiger partial charge in [-0.2, -0.15) is 0 Å². The van der Waals surface area contributed by atoms with E-state index in [0.717, 1.165) is 38.3 Å². The normalized spacial score (nSPS) is 15.9. The second kappa shape index (κ2) is 18.9. The lowest BCUT2D eigenvalue weighted by Gasteiger charge is -2.35. The van der Waals surface area contributed by atoms with Crippen LogP contribution in [0.1, 0.15) is 38.4 Å². The predicted molar refractivity (Wildman–Crippen MR) is 234 cm³/mol. The first-order chi connectivity index (χ1) is 29.3. The number of benzene rings is 2. The second-order valence-corrected chi connectivity index (χ2v) is 17.1. The van der Waals surface area contributed by atoms with Crippen LogP contribution in [-0.2, 0) is 36.9 Å². The number of hydrogen-bond acceptors (Lipinski definition) is 12. The van der Waals surface area contributed by atoms with E-state index < -0.39 is 35.4 Å². The highest BCUT2D eigenvalue weighted by Gasteiger charge is 2.44. The highest BCUT2D eigenvalue weighted by Crippen LogP contribution is 2.31. The van der Waals surface area contributed by atoms with E-state index in [1.165, 1.54) is 17.3 Å². The van der Waals surface area contributed by atoms with Gasteiger partial charge in [0.2, 0.25) is 17.7 Å². The molecule has 1 aliphatic heterocycles. The van der Waals surface area contributed by atoms with E-state index in [2.05, 4.69) is 35.9 Å². The van der Waals surface area contributed by atoms with Crippen molar-refractivity contribution in [2.45, 2.75) is 65.4 Å². The number of aliphatic hydroxyl groups is 1. The summed E-state index contributed by atoms with van der Waals surface area (Å²) in [5.74, 6) is -1.02. The minimum absolute atomic E-state index is 0.0228. The molecule has 5 N–H and O–H groups in total. The third-order valence-corrected chi connectivity index (χ3v) is 11.6. The molecule has 6 aromatic rings.